The predicted octanol–water partition coefficient (Wildman–Crippen LogP) is 2.79. The highest BCUT2D eigenvalue weighted by molar-refractivity contribution is 5.98. The molecule has 1 aliphatic carbocycles. The molecule has 128 valence electrons. The first-order valence-corrected chi connectivity index (χ1v) is 8.68. The topological polar surface area (TPSA) is 70.5 Å². The number of carboxylic acid groups (broad SMARTS) is 1. The summed E-state index contributed by atoms with van der Waals surface area (Å²) in [7, 11) is 0. The van der Waals surface area contributed by atoms with Crippen molar-refractivity contribution in [3.05, 3.63) is 59.4 Å². The highest BCUT2D eigenvalue weighted by Crippen LogP contribution is 2.49. The minimum absolute atomic E-state index is 0.0123. The van der Waals surface area contributed by atoms with E-state index in [1.54, 1.807) is 6.20 Å². The smallest absolute Gasteiger partial charge is 0.307 e. The lowest BCUT2D eigenvalue weighted by Gasteiger charge is -2.30. The second-order valence-corrected chi connectivity index (χ2v) is 6.86. The number of aromatic nitrogens is 1. The van der Waals surface area contributed by atoms with Crippen molar-refractivity contribution in [2.75, 3.05) is 11.4 Å². The Morgan fingerprint density at radius 1 is 1.28 bits per heavy atom. The molecule has 5 heteroatoms. The second-order valence-electron chi connectivity index (χ2n) is 6.86. The average molecular weight is 336 g/mol. The van der Waals surface area contributed by atoms with Crippen LogP contribution in [0.5, 0.6) is 0 Å². The van der Waals surface area contributed by atoms with Gasteiger partial charge in [0.1, 0.15) is 0 Å². The Morgan fingerprint density at radius 2 is 2.16 bits per heavy atom. The molecular weight excluding hydrogens is 316 g/mol. The lowest BCUT2D eigenvalue weighted by molar-refractivity contribution is -0.136. The maximum atomic E-state index is 13.0. The summed E-state index contributed by atoms with van der Waals surface area (Å²) in [6, 6.07) is 9.64. The number of anilines is 1. The molecule has 2 atom stereocenters. The Hall–Kier alpha value is -2.69. The third-order valence-corrected chi connectivity index (χ3v) is 5.11. The van der Waals surface area contributed by atoms with Crippen molar-refractivity contribution in [2.24, 2.45) is 5.92 Å². The number of rotatable bonds is 4. The van der Waals surface area contributed by atoms with Crippen molar-refractivity contribution in [1.82, 2.24) is 4.98 Å². The largest absolute Gasteiger partial charge is 0.481 e. The minimum atomic E-state index is -0.854. The van der Waals surface area contributed by atoms with E-state index in [2.05, 4.69) is 4.98 Å². The summed E-state index contributed by atoms with van der Waals surface area (Å²) in [6.45, 7) is 0.707. The third kappa shape index (κ3) is 3.14. The van der Waals surface area contributed by atoms with Crippen molar-refractivity contribution in [3.8, 4) is 0 Å². The van der Waals surface area contributed by atoms with Gasteiger partial charge in [0.15, 0.2) is 0 Å². The normalized spacial score (nSPS) is 21.5. The van der Waals surface area contributed by atoms with E-state index in [1.807, 2.05) is 41.4 Å². The van der Waals surface area contributed by atoms with E-state index in [-0.39, 0.29) is 24.2 Å². The molecule has 0 unspecified atom stereocenters. The number of aliphatic carboxylic acids is 1. The van der Waals surface area contributed by atoms with Gasteiger partial charge in [-0.2, -0.15) is 0 Å². The number of carbonyl (C=O) groups excluding carboxylic acids is 1. The molecule has 0 spiro atoms. The molecule has 2 aromatic rings. The van der Waals surface area contributed by atoms with Crippen LogP contribution in [0.4, 0.5) is 5.69 Å². The molecule has 0 radical (unpaired) electrons. The van der Waals surface area contributed by atoms with Crippen molar-refractivity contribution < 1.29 is 14.7 Å². The SMILES string of the molecule is O=C(O)Cc1ccc2c(c1)N(C(=O)[C@@H]1C[C@H]1c1cccnc1)CCC2. The molecule has 1 aromatic carbocycles. The Bertz CT molecular complexity index is 819. The lowest BCUT2D eigenvalue weighted by Crippen LogP contribution is -2.37. The van der Waals surface area contributed by atoms with E-state index in [0.717, 1.165) is 41.6 Å². The summed E-state index contributed by atoms with van der Waals surface area (Å²) in [6.07, 6.45) is 6.31. The lowest BCUT2D eigenvalue weighted by atomic mass is 9.98. The number of benzene rings is 1. The molecule has 1 aromatic heterocycles. The molecule has 2 aliphatic rings. The van der Waals surface area contributed by atoms with Crippen LogP contribution in [0.1, 0.15) is 35.4 Å². The molecule has 1 N–H and O–H groups in total. The van der Waals surface area contributed by atoms with Gasteiger partial charge < -0.3 is 10.0 Å². The monoisotopic (exact) mass is 336 g/mol. The Morgan fingerprint density at radius 3 is 2.92 bits per heavy atom. The van der Waals surface area contributed by atoms with Gasteiger partial charge in [0.25, 0.3) is 0 Å². The van der Waals surface area contributed by atoms with Crippen LogP contribution in [-0.2, 0) is 22.4 Å². The fourth-order valence-corrected chi connectivity index (χ4v) is 3.77. The summed E-state index contributed by atoms with van der Waals surface area (Å²) in [5.41, 5.74) is 3.89. The highest BCUT2D eigenvalue weighted by Gasteiger charge is 2.46. The van der Waals surface area contributed by atoms with E-state index in [4.69, 9.17) is 5.11 Å². The molecule has 0 saturated heterocycles. The first kappa shape index (κ1) is 15.8. The molecule has 1 aliphatic heterocycles. The maximum absolute atomic E-state index is 13.0. The average Bonchev–Trinajstić information content (AvgIpc) is 3.41. The number of hydrogen-bond donors (Lipinski definition) is 1. The number of pyridine rings is 1. The van der Waals surface area contributed by atoms with Gasteiger partial charge in [0.05, 0.1) is 6.42 Å². The Labute approximate surface area is 146 Å². The molecular formula is C20H20N2O3. The Kier molecular flexibility index (Phi) is 3.99. The first-order valence-electron chi connectivity index (χ1n) is 8.68. The van der Waals surface area contributed by atoms with Crippen molar-refractivity contribution >= 4 is 17.6 Å². The summed E-state index contributed by atoms with van der Waals surface area (Å²) in [5, 5.41) is 9.02. The van der Waals surface area contributed by atoms with E-state index < -0.39 is 5.97 Å². The molecule has 4 rings (SSSR count). The van der Waals surface area contributed by atoms with Crippen LogP contribution in [0.25, 0.3) is 0 Å². The number of fused-ring (bicyclic) bond motifs is 1. The number of amides is 1. The molecule has 25 heavy (non-hydrogen) atoms. The summed E-state index contributed by atoms with van der Waals surface area (Å²) >= 11 is 0. The minimum Gasteiger partial charge on any atom is -0.481 e. The summed E-state index contributed by atoms with van der Waals surface area (Å²) in [5.74, 6) is -0.429. The van der Waals surface area contributed by atoms with E-state index in [0.29, 0.717) is 6.54 Å². The zero-order valence-electron chi connectivity index (χ0n) is 13.9. The van der Waals surface area contributed by atoms with E-state index >= 15 is 0 Å². The van der Waals surface area contributed by atoms with Gasteiger partial charge in [0.2, 0.25) is 5.91 Å². The zero-order valence-corrected chi connectivity index (χ0v) is 13.9. The quantitative estimate of drug-likeness (QED) is 0.932. The van der Waals surface area contributed by atoms with Gasteiger partial charge in [0, 0.05) is 30.5 Å². The van der Waals surface area contributed by atoms with E-state index in [1.165, 1.54) is 0 Å². The summed E-state index contributed by atoms with van der Waals surface area (Å²) in [4.78, 5) is 30.0. The second kappa shape index (κ2) is 6.31. The number of hydrogen-bond acceptors (Lipinski definition) is 3. The van der Waals surface area contributed by atoms with E-state index in [9.17, 15) is 9.59 Å². The van der Waals surface area contributed by atoms with Crippen LogP contribution in [0.3, 0.4) is 0 Å². The standard InChI is InChI=1S/C20H20N2O3/c23-19(24)10-13-5-6-14-4-2-8-22(18(14)9-13)20(25)17-11-16(17)15-3-1-7-21-12-15/h1,3,5-7,9,12,16-17H,2,4,8,10-11H2,(H,23,24)/t16-,17+/m0/s1. The van der Waals surface area contributed by atoms with Crippen LogP contribution < -0.4 is 4.90 Å². The van der Waals surface area contributed by atoms with Crippen molar-refractivity contribution in [3.63, 3.8) is 0 Å². The van der Waals surface area contributed by atoms with Gasteiger partial charge >= 0.3 is 5.97 Å². The van der Waals surface area contributed by atoms with Crippen LogP contribution in [0, 0.1) is 5.92 Å². The third-order valence-electron chi connectivity index (χ3n) is 5.11. The van der Waals surface area contributed by atoms with Crippen LogP contribution in [-0.4, -0.2) is 28.5 Å². The molecule has 1 fully saturated rings. The molecule has 5 nitrogen and oxygen atoms in total. The van der Waals surface area contributed by atoms with Crippen molar-refractivity contribution in [2.45, 2.75) is 31.6 Å². The fourth-order valence-electron chi connectivity index (χ4n) is 3.77. The number of nitrogens with zero attached hydrogens (tertiary/aromatic N) is 2. The predicted molar refractivity (Wildman–Crippen MR) is 93.5 cm³/mol. The molecule has 1 amide bonds. The number of aryl methyl sites for hydroxylation is 1. The van der Waals surface area contributed by atoms with Crippen LogP contribution >= 0.6 is 0 Å². The fraction of sp³-hybridized carbons (Fsp3) is 0.350. The molecule has 0 bridgehead atoms. The maximum Gasteiger partial charge on any atom is 0.307 e. The molecule has 1 saturated carbocycles. The highest BCUT2D eigenvalue weighted by atomic mass is 16.4. The molecule has 2 heterocycles. The first-order chi connectivity index (χ1) is 12.1. The van der Waals surface area contributed by atoms with Crippen molar-refractivity contribution in [1.29, 1.82) is 0 Å². The van der Waals surface area contributed by atoms with Gasteiger partial charge in [-0.1, -0.05) is 18.2 Å². The van der Waals surface area contributed by atoms with Gasteiger partial charge in [-0.15, -0.1) is 0 Å². The van der Waals surface area contributed by atoms with Gasteiger partial charge in [-0.05, 0) is 54.0 Å². The Balaban J connectivity index is 1.56. The number of carboxylic acids is 1. The number of carbonyl (C=O) groups is 2. The van der Waals surface area contributed by atoms with Crippen LogP contribution in [0.2, 0.25) is 0 Å². The zero-order chi connectivity index (χ0) is 17.4. The van der Waals surface area contributed by atoms with Crippen LogP contribution in [0.15, 0.2) is 42.7 Å². The van der Waals surface area contributed by atoms with Gasteiger partial charge in [-0.3, -0.25) is 14.6 Å². The van der Waals surface area contributed by atoms with Gasteiger partial charge in [-0.25, -0.2) is 0 Å². The summed E-state index contributed by atoms with van der Waals surface area (Å²) < 4.78 is 0.